The summed E-state index contributed by atoms with van der Waals surface area (Å²) in [5, 5.41) is 6.38. The minimum atomic E-state index is -0.454. The zero-order chi connectivity index (χ0) is 19.2. The molecule has 0 atom stereocenters. The Morgan fingerprint density at radius 2 is 2.00 bits per heavy atom. The van der Waals surface area contributed by atoms with Crippen LogP contribution in [0.2, 0.25) is 4.34 Å². The number of carbonyl (C=O) groups excluding carboxylic acids is 2. The number of halogens is 1. The van der Waals surface area contributed by atoms with E-state index < -0.39 is 5.91 Å². The van der Waals surface area contributed by atoms with Gasteiger partial charge in [-0.25, -0.2) is 0 Å². The van der Waals surface area contributed by atoms with Gasteiger partial charge in [0.05, 0.1) is 17.4 Å². The predicted octanol–water partition coefficient (Wildman–Crippen LogP) is 3.84. The lowest BCUT2D eigenvalue weighted by molar-refractivity contribution is -0.130. The Balaban J connectivity index is 1.56. The molecule has 6 nitrogen and oxygen atoms in total. The molecule has 27 heavy (non-hydrogen) atoms. The number of rotatable bonds is 7. The average Bonchev–Trinajstić information content (AvgIpc) is 3.34. The highest BCUT2D eigenvalue weighted by Gasteiger charge is 2.17. The van der Waals surface area contributed by atoms with Crippen molar-refractivity contribution in [1.82, 2.24) is 15.4 Å². The van der Waals surface area contributed by atoms with Crippen molar-refractivity contribution in [2.24, 2.45) is 0 Å². The standard InChI is InChI=1S/C19H18ClN3O3S/c1-2-23(12-14-8-9-17(20)27-14)18(24)11-21-19(25)15-10-16(26-22-15)13-6-4-3-5-7-13/h3-10H,2,11-12H2,1H3,(H,21,25). The van der Waals surface area contributed by atoms with Gasteiger partial charge >= 0.3 is 0 Å². The van der Waals surface area contributed by atoms with Crippen LogP contribution in [0.25, 0.3) is 11.3 Å². The third kappa shape index (κ3) is 4.96. The first kappa shape index (κ1) is 19.1. The highest BCUT2D eigenvalue weighted by atomic mass is 35.5. The van der Waals surface area contributed by atoms with Crippen molar-refractivity contribution in [2.75, 3.05) is 13.1 Å². The minimum Gasteiger partial charge on any atom is -0.355 e. The summed E-state index contributed by atoms with van der Waals surface area (Å²) in [6.07, 6.45) is 0. The van der Waals surface area contributed by atoms with Gasteiger partial charge in [0.15, 0.2) is 11.5 Å². The molecule has 8 heteroatoms. The van der Waals surface area contributed by atoms with E-state index in [1.807, 2.05) is 43.3 Å². The number of amides is 2. The number of carbonyl (C=O) groups is 2. The first-order chi connectivity index (χ1) is 13.1. The normalized spacial score (nSPS) is 10.6. The number of hydrogen-bond donors (Lipinski definition) is 1. The summed E-state index contributed by atoms with van der Waals surface area (Å²) < 4.78 is 5.89. The van der Waals surface area contributed by atoms with E-state index in [1.54, 1.807) is 17.0 Å². The summed E-state index contributed by atoms with van der Waals surface area (Å²) in [6.45, 7) is 2.77. The second kappa shape index (κ2) is 8.83. The second-order valence-electron chi connectivity index (χ2n) is 5.74. The van der Waals surface area contributed by atoms with Crippen molar-refractivity contribution in [2.45, 2.75) is 13.5 Å². The molecule has 0 saturated carbocycles. The zero-order valence-electron chi connectivity index (χ0n) is 14.6. The highest BCUT2D eigenvalue weighted by molar-refractivity contribution is 7.16. The summed E-state index contributed by atoms with van der Waals surface area (Å²) in [7, 11) is 0. The molecule has 0 aliphatic heterocycles. The SMILES string of the molecule is CCN(Cc1ccc(Cl)s1)C(=O)CNC(=O)c1cc(-c2ccccc2)on1. The molecular formula is C19H18ClN3O3S. The molecular weight excluding hydrogens is 386 g/mol. The number of nitrogens with one attached hydrogen (secondary N) is 1. The van der Waals surface area contributed by atoms with E-state index in [0.29, 0.717) is 23.2 Å². The fourth-order valence-electron chi connectivity index (χ4n) is 2.48. The second-order valence-corrected chi connectivity index (χ2v) is 7.54. The van der Waals surface area contributed by atoms with E-state index in [1.165, 1.54) is 11.3 Å². The minimum absolute atomic E-state index is 0.112. The van der Waals surface area contributed by atoms with E-state index in [9.17, 15) is 9.59 Å². The van der Waals surface area contributed by atoms with Crippen LogP contribution in [0.3, 0.4) is 0 Å². The monoisotopic (exact) mass is 403 g/mol. The molecule has 2 amide bonds. The Kier molecular flexibility index (Phi) is 6.26. The molecule has 0 saturated heterocycles. The molecule has 1 aromatic carbocycles. The Labute approximate surface area is 165 Å². The molecule has 140 valence electrons. The van der Waals surface area contributed by atoms with Crippen molar-refractivity contribution < 1.29 is 14.1 Å². The number of aromatic nitrogens is 1. The molecule has 0 unspecified atom stereocenters. The van der Waals surface area contributed by atoms with E-state index in [4.69, 9.17) is 16.1 Å². The van der Waals surface area contributed by atoms with E-state index >= 15 is 0 Å². The third-order valence-corrected chi connectivity index (χ3v) is 5.13. The molecule has 2 aromatic heterocycles. The van der Waals surface area contributed by atoms with Gasteiger partial charge in [0.25, 0.3) is 5.91 Å². The fraction of sp³-hybridized carbons (Fsp3) is 0.211. The first-order valence-corrected chi connectivity index (χ1v) is 9.58. The lowest BCUT2D eigenvalue weighted by Crippen LogP contribution is -2.39. The quantitative estimate of drug-likeness (QED) is 0.650. The molecule has 0 spiro atoms. The Morgan fingerprint density at radius 1 is 1.22 bits per heavy atom. The predicted molar refractivity (Wildman–Crippen MR) is 105 cm³/mol. The van der Waals surface area contributed by atoms with Crippen LogP contribution in [0.1, 0.15) is 22.3 Å². The van der Waals surface area contributed by atoms with Crippen LogP contribution in [0.5, 0.6) is 0 Å². The van der Waals surface area contributed by atoms with Crippen molar-refractivity contribution in [3.05, 3.63) is 63.4 Å². The highest BCUT2D eigenvalue weighted by Crippen LogP contribution is 2.23. The van der Waals surface area contributed by atoms with Gasteiger partial charge in [0.2, 0.25) is 5.91 Å². The van der Waals surface area contributed by atoms with Crippen LogP contribution in [-0.2, 0) is 11.3 Å². The van der Waals surface area contributed by atoms with Crippen molar-refractivity contribution >= 4 is 34.8 Å². The molecule has 3 rings (SSSR count). The Hall–Kier alpha value is -2.64. The maximum atomic E-state index is 12.4. The van der Waals surface area contributed by atoms with Crippen LogP contribution in [0, 0.1) is 0 Å². The molecule has 3 aromatic rings. The number of hydrogen-bond acceptors (Lipinski definition) is 5. The van der Waals surface area contributed by atoms with Crippen LogP contribution >= 0.6 is 22.9 Å². The van der Waals surface area contributed by atoms with Crippen LogP contribution in [0.15, 0.2) is 53.1 Å². The van der Waals surface area contributed by atoms with E-state index in [0.717, 1.165) is 10.4 Å². The summed E-state index contributed by atoms with van der Waals surface area (Å²) in [4.78, 5) is 27.3. The van der Waals surface area contributed by atoms with Gasteiger partial charge in [-0.15, -0.1) is 11.3 Å². The van der Waals surface area contributed by atoms with Gasteiger partial charge in [-0.3, -0.25) is 9.59 Å². The number of nitrogens with zero attached hydrogens (tertiary/aromatic N) is 2. The third-order valence-electron chi connectivity index (χ3n) is 3.91. The van der Waals surface area contributed by atoms with Crippen LogP contribution < -0.4 is 5.32 Å². The maximum absolute atomic E-state index is 12.4. The first-order valence-electron chi connectivity index (χ1n) is 8.39. The average molecular weight is 404 g/mol. The van der Waals surface area contributed by atoms with Crippen molar-refractivity contribution in [3.63, 3.8) is 0 Å². The lowest BCUT2D eigenvalue weighted by Gasteiger charge is -2.20. The summed E-state index contributed by atoms with van der Waals surface area (Å²) in [5.41, 5.74) is 0.960. The van der Waals surface area contributed by atoms with Gasteiger partial charge in [0.1, 0.15) is 0 Å². The molecule has 0 aliphatic rings. The van der Waals surface area contributed by atoms with Gasteiger partial charge in [0, 0.05) is 23.1 Å². The molecule has 0 radical (unpaired) electrons. The Morgan fingerprint density at radius 3 is 2.67 bits per heavy atom. The largest absolute Gasteiger partial charge is 0.355 e. The fourth-order valence-corrected chi connectivity index (χ4v) is 3.58. The van der Waals surface area contributed by atoms with Crippen LogP contribution in [-0.4, -0.2) is 35.0 Å². The topological polar surface area (TPSA) is 75.4 Å². The zero-order valence-corrected chi connectivity index (χ0v) is 16.2. The molecule has 1 N–H and O–H groups in total. The molecule has 0 fully saturated rings. The number of thiophene rings is 1. The number of likely N-dealkylation sites (N-methyl/N-ethyl adjacent to an activating group) is 1. The lowest BCUT2D eigenvalue weighted by atomic mass is 10.1. The van der Waals surface area contributed by atoms with Crippen molar-refractivity contribution in [1.29, 1.82) is 0 Å². The smallest absolute Gasteiger partial charge is 0.273 e. The van der Waals surface area contributed by atoms with E-state index in [-0.39, 0.29) is 18.1 Å². The van der Waals surface area contributed by atoms with Gasteiger partial charge in [-0.05, 0) is 19.1 Å². The van der Waals surface area contributed by atoms with Crippen LogP contribution in [0.4, 0.5) is 0 Å². The maximum Gasteiger partial charge on any atom is 0.273 e. The van der Waals surface area contributed by atoms with Gasteiger partial charge in [-0.2, -0.15) is 0 Å². The number of benzene rings is 1. The summed E-state index contributed by atoms with van der Waals surface area (Å²) >= 11 is 7.36. The van der Waals surface area contributed by atoms with Gasteiger partial charge < -0.3 is 14.7 Å². The van der Waals surface area contributed by atoms with Gasteiger partial charge in [-0.1, -0.05) is 47.1 Å². The van der Waals surface area contributed by atoms with Crippen molar-refractivity contribution in [3.8, 4) is 11.3 Å². The molecule has 0 bridgehead atoms. The molecule has 2 heterocycles. The molecule has 0 aliphatic carbocycles. The summed E-state index contributed by atoms with van der Waals surface area (Å²) in [6, 6.07) is 14.6. The Bertz CT molecular complexity index is 923. The van der Waals surface area contributed by atoms with E-state index in [2.05, 4.69) is 10.5 Å². The summed E-state index contributed by atoms with van der Waals surface area (Å²) in [5.74, 6) is -0.136.